The molecule has 0 saturated heterocycles. The zero-order chi connectivity index (χ0) is 12.6. The van der Waals surface area contributed by atoms with Gasteiger partial charge in [-0.1, -0.05) is 77.2 Å². The normalized spacial score (nSPS) is 10.5. The first kappa shape index (κ1) is 13.6. The number of benzene rings is 2. The van der Waals surface area contributed by atoms with Crippen LogP contribution >= 0.6 is 22.6 Å². The molecule has 0 aliphatic heterocycles. The van der Waals surface area contributed by atoms with Crippen molar-refractivity contribution in [1.29, 1.82) is 0 Å². The SMILES string of the molecule is ICCCc1cccc(CCc2ccccc2)c1. The first-order chi connectivity index (χ1) is 8.88. The van der Waals surface area contributed by atoms with Crippen molar-refractivity contribution in [2.24, 2.45) is 0 Å². The van der Waals surface area contributed by atoms with Crippen molar-refractivity contribution in [3.8, 4) is 0 Å². The third kappa shape index (κ3) is 4.45. The summed E-state index contributed by atoms with van der Waals surface area (Å²) in [5, 5.41) is 0. The molecule has 0 spiro atoms. The minimum atomic E-state index is 1.14. The van der Waals surface area contributed by atoms with Gasteiger partial charge in [0.2, 0.25) is 0 Å². The lowest BCUT2D eigenvalue weighted by atomic mass is 10.0. The molecule has 0 radical (unpaired) electrons. The van der Waals surface area contributed by atoms with Crippen molar-refractivity contribution >= 4 is 22.6 Å². The molecule has 0 atom stereocenters. The van der Waals surface area contributed by atoms with Gasteiger partial charge in [0.25, 0.3) is 0 Å². The highest BCUT2D eigenvalue weighted by molar-refractivity contribution is 14.1. The summed E-state index contributed by atoms with van der Waals surface area (Å²) in [4.78, 5) is 0. The van der Waals surface area contributed by atoms with Crippen molar-refractivity contribution in [2.75, 3.05) is 4.43 Å². The van der Waals surface area contributed by atoms with E-state index in [2.05, 4.69) is 77.2 Å². The maximum absolute atomic E-state index is 2.45. The van der Waals surface area contributed by atoms with Gasteiger partial charge in [-0.25, -0.2) is 0 Å². The van der Waals surface area contributed by atoms with Crippen LogP contribution in [0.5, 0.6) is 0 Å². The third-order valence-electron chi connectivity index (χ3n) is 3.14. The summed E-state index contributed by atoms with van der Waals surface area (Å²) in [6.07, 6.45) is 4.77. The Balaban J connectivity index is 1.93. The van der Waals surface area contributed by atoms with Gasteiger partial charge < -0.3 is 0 Å². The second-order valence-electron chi connectivity index (χ2n) is 4.60. The van der Waals surface area contributed by atoms with Crippen molar-refractivity contribution < 1.29 is 0 Å². The van der Waals surface area contributed by atoms with Crippen LogP contribution in [0.25, 0.3) is 0 Å². The largest absolute Gasteiger partial charge is 0.0864 e. The maximum atomic E-state index is 2.45. The van der Waals surface area contributed by atoms with Gasteiger partial charge >= 0.3 is 0 Å². The summed E-state index contributed by atoms with van der Waals surface area (Å²) < 4.78 is 1.24. The topological polar surface area (TPSA) is 0 Å². The van der Waals surface area contributed by atoms with E-state index in [9.17, 15) is 0 Å². The smallest absolute Gasteiger partial charge is 0.000156 e. The molecule has 0 aliphatic rings. The van der Waals surface area contributed by atoms with Crippen LogP contribution in [0, 0.1) is 0 Å². The van der Waals surface area contributed by atoms with Gasteiger partial charge in [-0.3, -0.25) is 0 Å². The number of aryl methyl sites for hydroxylation is 3. The van der Waals surface area contributed by atoms with Crippen LogP contribution in [0.4, 0.5) is 0 Å². The Kier molecular flexibility index (Phi) is 5.72. The molecule has 0 unspecified atom stereocenters. The zero-order valence-corrected chi connectivity index (χ0v) is 12.8. The van der Waals surface area contributed by atoms with E-state index >= 15 is 0 Å². The molecule has 2 aromatic carbocycles. The van der Waals surface area contributed by atoms with Crippen molar-refractivity contribution in [2.45, 2.75) is 25.7 Å². The van der Waals surface area contributed by atoms with Gasteiger partial charge in [-0.05, 0) is 46.8 Å². The fourth-order valence-electron chi connectivity index (χ4n) is 2.14. The van der Waals surface area contributed by atoms with E-state index in [1.807, 2.05) is 0 Å². The van der Waals surface area contributed by atoms with E-state index < -0.39 is 0 Å². The quantitative estimate of drug-likeness (QED) is 0.517. The van der Waals surface area contributed by atoms with Crippen LogP contribution in [0.15, 0.2) is 54.6 Å². The second kappa shape index (κ2) is 7.57. The molecule has 0 aromatic heterocycles. The fraction of sp³-hybridized carbons (Fsp3) is 0.294. The lowest BCUT2D eigenvalue weighted by Gasteiger charge is -2.05. The lowest BCUT2D eigenvalue weighted by Crippen LogP contribution is -1.93. The summed E-state index contributed by atoms with van der Waals surface area (Å²) in [5.74, 6) is 0. The van der Waals surface area contributed by atoms with Gasteiger partial charge in [-0.15, -0.1) is 0 Å². The van der Waals surface area contributed by atoms with Crippen LogP contribution in [0.1, 0.15) is 23.1 Å². The van der Waals surface area contributed by atoms with Gasteiger partial charge in [0.05, 0.1) is 0 Å². The molecule has 18 heavy (non-hydrogen) atoms. The first-order valence-electron chi connectivity index (χ1n) is 6.56. The van der Waals surface area contributed by atoms with Gasteiger partial charge in [0, 0.05) is 0 Å². The summed E-state index contributed by atoms with van der Waals surface area (Å²) in [6, 6.07) is 19.8. The number of alkyl halides is 1. The van der Waals surface area contributed by atoms with E-state index in [0.29, 0.717) is 0 Å². The van der Waals surface area contributed by atoms with Crippen LogP contribution < -0.4 is 0 Å². The molecule has 0 bridgehead atoms. The van der Waals surface area contributed by atoms with E-state index in [-0.39, 0.29) is 0 Å². The van der Waals surface area contributed by atoms with Crippen LogP contribution in [0.3, 0.4) is 0 Å². The molecular formula is C17H19I. The molecule has 0 heterocycles. The Hall–Kier alpha value is -0.830. The molecular weight excluding hydrogens is 331 g/mol. The highest BCUT2D eigenvalue weighted by atomic mass is 127. The average Bonchev–Trinajstić information content (AvgIpc) is 2.44. The standard InChI is InChI=1S/C17H19I/c18-13-5-10-16-8-4-9-17(14-16)12-11-15-6-2-1-3-7-15/h1-4,6-9,14H,5,10-13H2. The maximum Gasteiger partial charge on any atom is -0.000156 e. The van der Waals surface area contributed by atoms with Gasteiger partial charge in [-0.2, -0.15) is 0 Å². The van der Waals surface area contributed by atoms with Crippen LogP contribution in [-0.2, 0) is 19.3 Å². The number of halogens is 1. The van der Waals surface area contributed by atoms with Crippen LogP contribution in [0.2, 0.25) is 0 Å². The predicted octanol–water partition coefficient (Wildman–Crippen LogP) is 4.84. The summed E-state index contributed by atoms with van der Waals surface area (Å²) >= 11 is 2.45. The number of rotatable bonds is 6. The molecule has 0 amide bonds. The van der Waals surface area contributed by atoms with E-state index in [0.717, 1.165) is 12.8 Å². The minimum Gasteiger partial charge on any atom is -0.0864 e. The van der Waals surface area contributed by atoms with E-state index in [4.69, 9.17) is 0 Å². The molecule has 1 heteroatoms. The summed E-state index contributed by atoms with van der Waals surface area (Å²) in [6.45, 7) is 0. The van der Waals surface area contributed by atoms with Crippen molar-refractivity contribution in [3.05, 3.63) is 71.3 Å². The lowest BCUT2D eigenvalue weighted by molar-refractivity contribution is 0.923. The molecule has 0 fully saturated rings. The van der Waals surface area contributed by atoms with Crippen molar-refractivity contribution in [3.63, 3.8) is 0 Å². The Bertz CT molecular complexity index is 462. The Morgan fingerprint density at radius 2 is 1.28 bits per heavy atom. The minimum absolute atomic E-state index is 1.14. The zero-order valence-electron chi connectivity index (χ0n) is 10.6. The molecule has 2 aromatic rings. The first-order valence-corrected chi connectivity index (χ1v) is 8.09. The van der Waals surface area contributed by atoms with Gasteiger partial charge in [0.15, 0.2) is 0 Å². The van der Waals surface area contributed by atoms with Gasteiger partial charge in [0.1, 0.15) is 0 Å². The van der Waals surface area contributed by atoms with Crippen molar-refractivity contribution in [1.82, 2.24) is 0 Å². The summed E-state index contributed by atoms with van der Waals surface area (Å²) in [7, 11) is 0. The monoisotopic (exact) mass is 350 g/mol. The molecule has 0 nitrogen and oxygen atoms in total. The molecule has 0 saturated carbocycles. The third-order valence-corrected chi connectivity index (χ3v) is 3.90. The highest BCUT2D eigenvalue weighted by Crippen LogP contribution is 2.11. The van der Waals surface area contributed by atoms with Crippen LogP contribution in [-0.4, -0.2) is 4.43 Å². The molecule has 94 valence electrons. The molecule has 0 N–H and O–H groups in total. The fourth-order valence-corrected chi connectivity index (χ4v) is 2.53. The predicted molar refractivity (Wildman–Crippen MR) is 87.5 cm³/mol. The Labute approximate surface area is 124 Å². The highest BCUT2D eigenvalue weighted by Gasteiger charge is 1.98. The van der Waals surface area contributed by atoms with E-state index in [1.54, 1.807) is 0 Å². The second-order valence-corrected chi connectivity index (χ2v) is 5.68. The summed E-state index contributed by atoms with van der Waals surface area (Å²) in [5.41, 5.74) is 4.37. The Morgan fingerprint density at radius 1 is 0.667 bits per heavy atom. The average molecular weight is 350 g/mol. The van der Waals surface area contributed by atoms with E-state index in [1.165, 1.54) is 34.0 Å². The Morgan fingerprint density at radius 3 is 2.00 bits per heavy atom. The molecule has 0 aliphatic carbocycles. The number of hydrogen-bond acceptors (Lipinski definition) is 0. The number of hydrogen-bond donors (Lipinski definition) is 0. The molecule has 2 rings (SSSR count).